The summed E-state index contributed by atoms with van der Waals surface area (Å²) in [6.07, 6.45) is 0.859. The van der Waals surface area contributed by atoms with Crippen molar-refractivity contribution in [2.24, 2.45) is 5.92 Å². The van der Waals surface area contributed by atoms with Crippen LogP contribution in [0.4, 0.5) is 4.79 Å². The number of hydrogen-bond donors (Lipinski definition) is 2. The molecule has 1 heterocycles. The molecular weight excluding hydrogens is 364 g/mol. The van der Waals surface area contributed by atoms with Gasteiger partial charge in [-0.15, -0.1) is 0 Å². The van der Waals surface area contributed by atoms with E-state index in [1.165, 1.54) is 0 Å². The maximum Gasteiger partial charge on any atom is 0.317 e. The number of ether oxygens (including phenoxy) is 1. The highest BCUT2D eigenvalue weighted by molar-refractivity contribution is 9.10. The first-order valence-electron chi connectivity index (χ1n) is 7.63. The number of carbonyl (C=O) groups is 2. The Kier molecular flexibility index (Phi) is 6.27. The smallest absolute Gasteiger partial charge is 0.317 e. The molecule has 1 aliphatic rings. The van der Waals surface area contributed by atoms with E-state index in [-0.39, 0.29) is 18.1 Å². The van der Waals surface area contributed by atoms with E-state index in [4.69, 9.17) is 9.84 Å². The Bertz CT molecular complexity index is 542. The minimum Gasteiger partial charge on any atom is -0.489 e. The fraction of sp³-hybridized carbons (Fsp3) is 0.500. The number of piperidine rings is 1. The lowest BCUT2D eigenvalue weighted by Gasteiger charge is -2.30. The summed E-state index contributed by atoms with van der Waals surface area (Å²) >= 11 is 3.36. The van der Waals surface area contributed by atoms with E-state index in [0.29, 0.717) is 32.5 Å². The predicted molar refractivity (Wildman–Crippen MR) is 89.6 cm³/mol. The lowest BCUT2D eigenvalue weighted by molar-refractivity contribution is -0.143. The Morgan fingerprint density at radius 1 is 1.35 bits per heavy atom. The van der Waals surface area contributed by atoms with E-state index in [1.807, 2.05) is 31.2 Å². The van der Waals surface area contributed by atoms with Gasteiger partial charge in [-0.2, -0.15) is 0 Å². The second-order valence-electron chi connectivity index (χ2n) is 5.67. The van der Waals surface area contributed by atoms with Crippen LogP contribution in [0.3, 0.4) is 0 Å². The van der Waals surface area contributed by atoms with E-state index in [9.17, 15) is 9.59 Å². The average Bonchev–Trinajstić information content (AvgIpc) is 2.55. The number of carboxylic acids is 1. The largest absolute Gasteiger partial charge is 0.489 e. The van der Waals surface area contributed by atoms with Crippen LogP contribution in [0.5, 0.6) is 5.75 Å². The highest BCUT2D eigenvalue weighted by Crippen LogP contribution is 2.18. The molecule has 0 aromatic heterocycles. The summed E-state index contributed by atoms with van der Waals surface area (Å²) in [5.41, 5.74) is 0. The number of carboxylic acid groups (broad SMARTS) is 1. The Balaban J connectivity index is 1.71. The molecule has 6 nitrogen and oxygen atoms in total. The summed E-state index contributed by atoms with van der Waals surface area (Å²) in [5, 5.41) is 11.8. The fourth-order valence-corrected chi connectivity index (χ4v) is 2.72. The van der Waals surface area contributed by atoms with E-state index >= 15 is 0 Å². The van der Waals surface area contributed by atoms with Crippen molar-refractivity contribution in [2.75, 3.05) is 19.6 Å². The van der Waals surface area contributed by atoms with Gasteiger partial charge in [0.15, 0.2) is 0 Å². The van der Waals surface area contributed by atoms with Crippen molar-refractivity contribution in [3.8, 4) is 5.75 Å². The standard InChI is InChI=1S/C16H21BrN2O4/c1-11(23-14-4-2-13(17)3-5-14)10-18-16(22)19-8-6-12(7-9-19)15(20)21/h2-5,11-12H,6-10H2,1H3,(H,18,22)(H,20,21). The number of aliphatic carboxylic acids is 1. The molecule has 1 aromatic carbocycles. The summed E-state index contributed by atoms with van der Waals surface area (Å²) in [6.45, 7) is 3.24. The van der Waals surface area contributed by atoms with Gasteiger partial charge in [0.1, 0.15) is 11.9 Å². The molecule has 0 aliphatic carbocycles. The van der Waals surface area contributed by atoms with E-state index in [2.05, 4.69) is 21.2 Å². The zero-order chi connectivity index (χ0) is 16.8. The fourth-order valence-electron chi connectivity index (χ4n) is 2.46. The minimum absolute atomic E-state index is 0.156. The van der Waals surface area contributed by atoms with Crippen molar-refractivity contribution >= 4 is 27.9 Å². The summed E-state index contributed by atoms with van der Waals surface area (Å²) in [5.74, 6) is -0.363. The summed E-state index contributed by atoms with van der Waals surface area (Å²) in [4.78, 5) is 24.6. The van der Waals surface area contributed by atoms with Gasteiger partial charge in [0.25, 0.3) is 0 Å². The number of nitrogens with zero attached hydrogens (tertiary/aromatic N) is 1. The molecule has 7 heteroatoms. The molecule has 0 radical (unpaired) electrons. The number of carbonyl (C=O) groups excluding carboxylic acids is 1. The normalized spacial score (nSPS) is 16.7. The van der Waals surface area contributed by atoms with Crippen molar-refractivity contribution < 1.29 is 19.4 Å². The van der Waals surface area contributed by atoms with Crippen molar-refractivity contribution in [1.29, 1.82) is 0 Å². The molecule has 1 saturated heterocycles. The third-order valence-corrected chi connectivity index (χ3v) is 4.35. The van der Waals surface area contributed by atoms with Gasteiger partial charge >= 0.3 is 12.0 Å². The number of hydrogen-bond acceptors (Lipinski definition) is 3. The predicted octanol–water partition coefficient (Wildman–Crippen LogP) is 2.72. The first-order valence-corrected chi connectivity index (χ1v) is 8.43. The van der Waals surface area contributed by atoms with Crippen LogP contribution in [0, 0.1) is 5.92 Å². The zero-order valence-electron chi connectivity index (χ0n) is 13.0. The Morgan fingerprint density at radius 3 is 2.52 bits per heavy atom. The molecule has 0 saturated carbocycles. The van der Waals surface area contributed by atoms with Crippen LogP contribution in [-0.4, -0.2) is 47.7 Å². The number of rotatable bonds is 5. The molecule has 2 N–H and O–H groups in total. The van der Waals surface area contributed by atoms with Crippen LogP contribution >= 0.6 is 15.9 Å². The van der Waals surface area contributed by atoms with Gasteiger partial charge in [-0.05, 0) is 44.0 Å². The maximum absolute atomic E-state index is 12.1. The van der Waals surface area contributed by atoms with E-state index in [0.717, 1.165) is 10.2 Å². The molecule has 1 aliphatic heterocycles. The number of amides is 2. The van der Waals surface area contributed by atoms with Gasteiger partial charge in [-0.3, -0.25) is 4.79 Å². The second-order valence-corrected chi connectivity index (χ2v) is 6.58. The summed E-state index contributed by atoms with van der Waals surface area (Å²) in [6, 6.07) is 7.35. The number of likely N-dealkylation sites (tertiary alicyclic amines) is 1. The first kappa shape index (κ1) is 17.6. The molecule has 1 fully saturated rings. The topological polar surface area (TPSA) is 78.9 Å². The zero-order valence-corrected chi connectivity index (χ0v) is 14.6. The number of benzene rings is 1. The van der Waals surface area contributed by atoms with E-state index in [1.54, 1.807) is 4.90 Å². The third-order valence-electron chi connectivity index (χ3n) is 3.82. The molecule has 1 atom stereocenters. The molecule has 0 spiro atoms. The molecule has 1 aromatic rings. The monoisotopic (exact) mass is 384 g/mol. The molecule has 23 heavy (non-hydrogen) atoms. The second kappa shape index (κ2) is 8.19. The quantitative estimate of drug-likeness (QED) is 0.817. The minimum atomic E-state index is -0.776. The van der Waals surface area contributed by atoms with Crippen LogP contribution in [-0.2, 0) is 4.79 Å². The summed E-state index contributed by atoms with van der Waals surface area (Å²) < 4.78 is 6.71. The van der Waals surface area contributed by atoms with Gasteiger partial charge in [0.2, 0.25) is 0 Å². The highest BCUT2D eigenvalue weighted by atomic mass is 79.9. The third kappa shape index (κ3) is 5.42. The molecule has 2 rings (SSSR count). The van der Waals surface area contributed by atoms with Gasteiger partial charge in [-0.1, -0.05) is 15.9 Å². The highest BCUT2D eigenvalue weighted by Gasteiger charge is 2.26. The summed E-state index contributed by atoms with van der Waals surface area (Å²) in [7, 11) is 0. The first-order chi connectivity index (χ1) is 11.0. The lowest BCUT2D eigenvalue weighted by atomic mass is 9.97. The van der Waals surface area contributed by atoms with Crippen LogP contribution in [0.1, 0.15) is 19.8 Å². The molecule has 1 unspecified atom stereocenters. The van der Waals surface area contributed by atoms with Crippen LogP contribution in [0.2, 0.25) is 0 Å². The molecule has 2 amide bonds. The lowest BCUT2D eigenvalue weighted by Crippen LogP contribution is -2.47. The SMILES string of the molecule is CC(CNC(=O)N1CCC(C(=O)O)CC1)Oc1ccc(Br)cc1. The Hall–Kier alpha value is -1.76. The van der Waals surface area contributed by atoms with Crippen molar-refractivity contribution in [2.45, 2.75) is 25.9 Å². The number of halogens is 1. The maximum atomic E-state index is 12.1. The van der Waals surface area contributed by atoms with Crippen molar-refractivity contribution in [3.63, 3.8) is 0 Å². The van der Waals surface area contributed by atoms with Gasteiger partial charge in [0.05, 0.1) is 12.5 Å². The Labute approximate surface area is 143 Å². The van der Waals surface area contributed by atoms with Gasteiger partial charge in [-0.25, -0.2) is 4.79 Å². The molecular formula is C16H21BrN2O4. The van der Waals surface area contributed by atoms with Crippen LogP contribution in [0.15, 0.2) is 28.7 Å². The molecule has 0 bridgehead atoms. The van der Waals surface area contributed by atoms with Gasteiger partial charge < -0.3 is 20.1 Å². The van der Waals surface area contributed by atoms with Crippen LogP contribution < -0.4 is 10.1 Å². The van der Waals surface area contributed by atoms with Gasteiger partial charge in [0, 0.05) is 17.6 Å². The van der Waals surface area contributed by atoms with E-state index < -0.39 is 5.97 Å². The van der Waals surface area contributed by atoms with Crippen molar-refractivity contribution in [1.82, 2.24) is 10.2 Å². The Morgan fingerprint density at radius 2 is 1.96 bits per heavy atom. The van der Waals surface area contributed by atoms with Crippen LogP contribution in [0.25, 0.3) is 0 Å². The number of nitrogens with one attached hydrogen (secondary N) is 1. The van der Waals surface area contributed by atoms with Crippen molar-refractivity contribution in [3.05, 3.63) is 28.7 Å². The average molecular weight is 385 g/mol. The number of urea groups is 1. The molecule has 126 valence electrons.